The second-order valence-electron chi connectivity index (χ2n) is 9.05. The van der Waals surface area contributed by atoms with Crippen LogP contribution in [0, 0.1) is 5.82 Å². The third-order valence-corrected chi connectivity index (χ3v) is 6.32. The Hall–Kier alpha value is -4.42. The van der Waals surface area contributed by atoms with Gasteiger partial charge in [-0.25, -0.2) is 9.07 Å². The van der Waals surface area contributed by atoms with Crippen molar-refractivity contribution < 1.29 is 22.4 Å². The predicted octanol–water partition coefficient (Wildman–Crippen LogP) is 3.95. The molecule has 0 aliphatic heterocycles. The van der Waals surface area contributed by atoms with Crippen molar-refractivity contribution >= 4 is 5.91 Å². The molecule has 38 heavy (non-hydrogen) atoms. The number of pyridine rings is 1. The molecule has 9 nitrogen and oxygen atoms in total. The molecule has 1 saturated carbocycles. The van der Waals surface area contributed by atoms with Gasteiger partial charge in [-0.05, 0) is 43.9 Å². The van der Waals surface area contributed by atoms with E-state index in [4.69, 9.17) is 0 Å². The molecule has 196 valence electrons. The van der Waals surface area contributed by atoms with Crippen LogP contribution in [-0.4, -0.2) is 35.7 Å². The third-order valence-electron chi connectivity index (χ3n) is 6.32. The number of rotatable bonds is 6. The summed E-state index contributed by atoms with van der Waals surface area (Å²) in [5.41, 5.74) is -0.375. The van der Waals surface area contributed by atoms with E-state index < -0.39 is 35.1 Å². The van der Waals surface area contributed by atoms with E-state index in [1.54, 1.807) is 19.3 Å². The van der Waals surface area contributed by atoms with Gasteiger partial charge < -0.3 is 5.32 Å². The fourth-order valence-corrected chi connectivity index (χ4v) is 4.17. The molecule has 13 heteroatoms. The molecule has 0 saturated heterocycles. The Kier molecular flexibility index (Phi) is 6.29. The molecule has 1 N–H and O–H groups in total. The van der Waals surface area contributed by atoms with Crippen LogP contribution in [-0.2, 0) is 13.2 Å². The number of nitrogens with zero attached hydrogens (tertiary/aromatic N) is 6. The molecule has 1 aliphatic rings. The van der Waals surface area contributed by atoms with E-state index in [0.717, 1.165) is 23.6 Å². The first-order valence-corrected chi connectivity index (χ1v) is 11.7. The largest absolute Gasteiger partial charge is 0.419 e. The number of benzene rings is 1. The molecule has 3 heterocycles. The number of hydrogen-bond donors (Lipinski definition) is 1. The van der Waals surface area contributed by atoms with Crippen LogP contribution in [0.3, 0.4) is 0 Å². The first-order valence-electron chi connectivity index (χ1n) is 11.7. The highest BCUT2D eigenvalue weighted by Crippen LogP contribution is 2.38. The molecule has 1 aliphatic carbocycles. The summed E-state index contributed by atoms with van der Waals surface area (Å²) in [4.78, 5) is 30.6. The standard InChI is InChI=1S/C25H21F4N7O2/c1-13(17-4-3-5-19(22(17)26)25(27,28)29)32-23(37)20-9-18(14-6-7-14)24(38)36(33-20)16-8-15(10-30-11-16)21-12-31-34-35(21)2/h3-5,8-14H,6-7H2,1-2H3,(H,32,37)/t13-/m1/s1. The molecule has 1 fully saturated rings. The Bertz CT molecular complexity index is 1590. The monoisotopic (exact) mass is 527 g/mol. The molecule has 4 aromatic rings. The lowest BCUT2D eigenvalue weighted by Crippen LogP contribution is -2.33. The summed E-state index contributed by atoms with van der Waals surface area (Å²) >= 11 is 0. The number of aryl methyl sites for hydroxylation is 1. The minimum Gasteiger partial charge on any atom is -0.344 e. The van der Waals surface area contributed by atoms with Gasteiger partial charge in [0.05, 0.1) is 35.4 Å². The Morgan fingerprint density at radius 1 is 1.16 bits per heavy atom. The van der Waals surface area contributed by atoms with Crippen molar-refractivity contribution in [1.82, 2.24) is 35.1 Å². The third kappa shape index (κ3) is 4.78. The zero-order valence-electron chi connectivity index (χ0n) is 20.2. The van der Waals surface area contributed by atoms with E-state index in [1.807, 2.05) is 0 Å². The van der Waals surface area contributed by atoms with Crippen LogP contribution >= 0.6 is 0 Å². The molecular weight excluding hydrogens is 506 g/mol. The lowest BCUT2D eigenvalue weighted by Gasteiger charge is -2.18. The molecular formula is C25H21F4N7O2. The highest BCUT2D eigenvalue weighted by molar-refractivity contribution is 5.92. The maximum Gasteiger partial charge on any atom is 0.419 e. The highest BCUT2D eigenvalue weighted by atomic mass is 19.4. The molecule has 0 bridgehead atoms. The summed E-state index contributed by atoms with van der Waals surface area (Å²) in [7, 11) is 1.70. The van der Waals surface area contributed by atoms with Gasteiger partial charge in [-0.1, -0.05) is 17.3 Å². The summed E-state index contributed by atoms with van der Waals surface area (Å²) in [6.07, 6.45) is 1.17. The zero-order chi connectivity index (χ0) is 27.2. The molecule has 1 aromatic carbocycles. The van der Waals surface area contributed by atoms with Crippen molar-refractivity contribution in [1.29, 1.82) is 0 Å². The smallest absolute Gasteiger partial charge is 0.344 e. The highest BCUT2D eigenvalue weighted by Gasteiger charge is 2.36. The topological polar surface area (TPSA) is 108 Å². The average molecular weight is 527 g/mol. The molecule has 0 radical (unpaired) electrons. The predicted molar refractivity (Wildman–Crippen MR) is 127 cm³/mol. The van der Waals surface area contributed by atoms with E-state index >= 15 is 0 Å². The quantitative estimate of drug-likeness (QED) is 0.381. The number of aromatic nitrogens is 6. The number of carbonyl (C=O) groups is 1. The molecule has 5 rings (SSSR count). The summed E-state index contributed by atoms with van der Waals surface area (Å²) in [5.74, 6) is -2.28. The molecule has 0 spiro atoms. The first kappa shape index (κ1) is 25.2. The van der Waals surface area contributed by atoms with Crippen LogP contribution in [0.2, 0.25) is 0 Å². The lowest BCUT2D eigenvalue weighted by atomic mass is 10.0. The van der Waals surface area contributed by atoms with Gasteiger partial charge in [-0.3, -0.25) is 14.6 Å². The van der Waals surface area contributed by atoms with Crippen LogP contribution in [0.1, 0.15) is 58.9 Å². The summed E-state index contributed by atoms with van der Waals surface area (Å²) in [6.45, 7) is 1.36. The normalized spacial score (nSPS) is 14.4. The minimum absolute atomic E-state index is 0.0425. The van der Waals surface area contributed by atoms with Crippen molar-refractivity contribution in [3.05, 3.63) is 87.5 Å². The lowest BCUT2D eigenvalue weighted by molar-refractivity contribution is -0.140. The van der Waals surface area contributed by atoms with E-state index in [0.29, 0.717) is 28.6 Å². The van der Waals surface area contributed by atoms with Gasteiger partial charge >= 0.3 is 6.18 Å². The van der Waals surface area contributed by atoms with E-state index in [1.165, 1.54) is 36.1 Å². The van der Waals surface area contributed by atoms with Gasteiger partial charge in [0.25, 0.3) is 11.5 Å². The minimum atomic E-state index is -4.88. The number of halogens is 4. The maximum absolute atomic E-state index is 14.6. The van der Waals surface area contributed by atoms with Gasteiger partial charge in [0.15, 0.2) is 0 Å². The van der Waals surface area contributed by atoms with Crippen molar-refractivity contribution in [2.24, 2.45) is 7.05 Å². The van der Waals surface area contributed by atoms with Gasteiger partial charge in [0, 0.05) is 29.9 Å². The molecule has 1 amide bonds. The van der Waals surface area contributed by atoms with E-state index in [9.17, 15) is 27.2 Å². The van der Waals surface area contributed by atoms with Crippen LogP contribution < -0.4 is 10.9 Å². The van der Waals surface area contributed by atoms with Crippen molar-refractivity contribution in [3.8, 4) is 16.9 Å². The van der Waals surface area contributed by atoms with Crippen LogP contribution in [0.5, 0.6) is 0 Å². The Morgan fingerprint density at radius 3 is 2.58 bits per heavy atom. The summed E-state index contributed by atoms with van der Waals surface area (Å²) in [5, 5.41) is 14.4. The van der Waals surface area contributed by atoms with Crippen molar-refractivity contribution in [2.75, 3.05) is 0 Å². The van der Waals surface area contributed by atoms with Gasteiger partial charge in [0.2, 0.25) is 0 Å². The Morgan fingerprint density at radius 2 is 1.92 bits per heavy atom. The molecule has 1 atom stereocenters. The van der Waals surface area contributed by atoms with Gasteiger partial charge in [-0.2, -0.15) is 23.0 Å². The van der Waals surface area contributed by atoms with Crippen LogP contribution in [0.4, 0.5) is 17.6 Å². The maximum atomic E-state index is 14.6. The number of hydrogen-bond acceptors (Lipinski definition) is 6. The van der Waals surface area contributed by atoms with Crippen molar-refractivity contribution in [2.45, 2.75) is 37.9 Å². The first-order chi connectivity index (χ1) is 18.0. The SMILES string of the molecule is C[C@@H](NC(=O)c1cc(C2CC2)c(=O)n(-c2cncc(-c3cnnn3C)c2)n1)c1cccc(C(F)(F)F)c1F. The summed E-state index contributed by atoms with van der Waals surface area (Å²) in [6, 6.07) is 4.80. The fraction of sp³-hybridized carbons (Fsp3) is 0.280. The molecule has 0 unspecified atom stereocenters. The fourth-order valence-electron chi connectivity index (χ4n) is 4.17. The number of nitrogens with one attached hydrogen (secondary N) is 1. The Balaban J connectivity index is 1.50. The van der Waals surface area contributed by atoms with Gasteiger partial charge in [0.1, 0.15) is 11.5 Å². The summed E-state index contributed by atoms with van der Waals surface area (Å²) < 4.78 is 56.7. The zero-order valence-corrected chi connectivity index (χ0v) is 20.2. The van der Waals surface area contributed by atoms with Crippen LogP contribution in [0.25, 0.3) is 16.9 Å². The molecule has 3 aromatic heterocycles. The number of carbonyl (C=O) groups excluding carboxylic acids is 1. The van der Waals surface area contributed by atoms with E-state index in [2.05, 4.69) is 25.7 Å². The average Bonchev–Trinajstić information content (AvgIpc) is 3.63. The van der Waals surface area contributed by atoms with Gasteiger partial charge in [-0.15, -0.1) is 5.10 Å². The van der Waals surface area contributed by atoms with Crippen LogP contribution in [0.15, 0.2) is 53.7 Å². The van der Waals surface area contributed by atoms with E-state index in [-0.39, 0.29) is 17.2 Å². The number of amides is 1. The second kappa shape index (κ2) is 9.47. The van der Waals surface area contributed by atoms with Crippen molar-refractivity contribution in [3.63, 3.8) is 0 Å². The Labute approximate surface area is 213 Å². The second-order valence-corrected chi connectivity index (χ2v) is 9.05. The number of alkyl halides is 3.